The number of carbonyl (C=O) groups excluding carboxylic acids is 2. The van der Waals surface area contributed by atoms with Crippen LogP contribution in [0, 0.1) is 0 Å². The Morgan fingerprint density at radius 1 is 1.15 bits per heavy atom. The number of carboxylic acid groups (broad SMARTS) is 1. The summed E-state index contributed by atoms with van der Waals surface area (Å²) in [5, 5.41) is 14.7. The van der Waals surface area contributed by atoms with Crippen LogP contribution in [-0.4, -0.2) is 32.7 Å². The van der Waals surface area contributed by atoms with Gasteiger partial charge in [-0.15, -0.1) is 0 Å². The Kier molecular flexibility index (Phi) is 5.31. The van der Waals surface area contributed by atoms with Crippen molar-refractivity contribution >= 4 is 29.4 Å². The molecule has 0 saturated carbocycles. The number of hydrogen-bond acceptors (Lipinski definition) is 4. The fourth-order valence-corrected chi connectivity index (χ4v) is 3.70. The highest BCUT2D eigenvalue weighted by atomic mass is 19.4. The van der Waals surface area contributed by atoms with Crippen molar-refractivity contribution in [3.63, 3.8) is 0 Å². The van der Waals surface area contributed by atoms with E-state index >= 15 is 0 Å². The molecule has 34 heavy (non-hydrogen) atoms. The molecule has 1 aliphatic heterocycles. The summed E-state index contributed by atoms with van der Waals surface area (Å²) in [4.78, 5) is 41.4. The average molecular weight is 473 g/mol. The summed E-state index contributed by atoms with van der Waals surface area (Å²) in [5.74, 6) is -0.588. The van der Waals surface area contributed by atoms with Gasteiger partial charge in [-0.25, -0.2) is 19.5 Å². The van der Waals surface area contributed by atoms with E-state index in [2.05, 4.69) is 15.6 Å². The molecule has 2 aromatic carbocycles. The third kappa shape index (κ3) is 3.93. The number of alkyl halides is 3. The second-order valence-electron chi connectivity index (χ2n) is 7.85. The van der Waals surface area contributed by atoms with Crippen LogP contribution in [0.25, 0.3) is 11.3 Å². The lowest BCUT2D eigenvalue weighted by Crippen LogP contribution is -2.40. The van der Waals surface area contributed by atoms with Crippen LogP contribution in [-0.2, 0) is 23.6 Å². The first kappa shape index (κ1) is 22.8. The van der Waals surface area contributed by atoms with Gasteiger partial charge in [-0.2, -0.15) is 13.2 Å². The van der Waals surface area contributed by atoms with Crippen molar-refractivity contribution in [1.82, 2.24) is 20.2 Å². The predicted molar refractivity (Wildman–Crippen MR) is 114 cm³/mol. The SMILES string of the molecule is Cn1cnc(-c2cc(C3(C)NC(=O)NC3=O)ccc2N(C(=O)O)c2ccc(C(F)(F)F)cc2)c1. The van der Waals surface area contributed by atoms with E-state index in [0.717, 1.165) is 29.2 Å². The number of halogens is 3. The first-order chi connectivity index (χ1) is 15.9. The number of aryl methyl sites for hydroxylation is 1. The van der Waals surface area contributed by atoms with Crippen LogP contribution in [0.1, 0.15) is 18.1 Å². The summed E-state index contributed by atoms with van der Waals surface area (Å²) in [6, 6.07) is 7.41. The molecule has 4 rings (SSSR count). The average Bonchev–Trinajstić information content (AvgIpc) is 3.30. The molecule has 3 aromatic rings. The zero-order valence-electron chi connectivity index (χ0n) is 17.8. The van der Waals surface area contributed by atoms with Gasteiger partial charge in [-0.1, -0.05) is 6.07 Å². The Hall–Kier alpha value is -4.35. The van der Waals surface area contributed by atoms with Gasteiger partial charge in [0.2, 0.25) is 0 Å². The third-order valence-corrected chi connectivity index (χ3v) is 5.48. The molecule has 1 aromatic heterocycles. The quantitative estimate of drug-likeness (QED) is 0.496. The molecule has 1 aliphatic rings. The van der Waals surface area contributed by atoms with Crippen LogP contribution in [0.15, 0.2) is 55.0 Å². The minimum Gasteiger partial charge on any atom is -0.464 e. The van der Waals surface area contributed by atoms with Gasteiger partial charge in [0, 0.05) is 18.8 Å². The van der Waals surface area contributed by atoms with Crippen molar-refractivity contribution in [3.8, 4) is 11.3 Å². The number of urea groups is 1. The Labute approximate surface area is 190 Å². The normalized spacial score (nSPS) is 17.9. The zero-order chi connectivity index (χ0) is 24.8. The van der Waals surface area contributed by atoms with E-state index in [1.165, 1.54) is 31.5 Å². The van der Waals surface area contributed by atoms with Gasteiger partial charge in [0.15, 0.2) is 0 Å². The Morgan fingerprint density at radius 2 is 1.82 bits per heavy atom. The number of benzene rings is 2. The molecule has 4 amide bonds. The summed E-state index contributed by atoms with van der Waals surface area (Å²) in [7, 11) is 1.71. The van der Waals surface area contributed by atoms with Crippen LogP contribution in [0.4, 0.5) is 34.1 Å². The first-order valence-electron chi connectivity index (χ1n) is 9.87. The molecule has 0 bridgehead atoms. The first-order valence-corrected chi connectivity index (χ1v) is 9.87. The van der Waals surface area contributed by atoms with Crippen molar-refractivity contribution in [2.24, 2.45) is 7.05 Å². The maximum Gasteiger partial charge on any atom is 0.416 e. The monoisotopic (exact) mass is 473 g/mol. The summed E-state index contributed by atoms with van der Waals surface area (Å²) >= 11 is 0. The molecule has 0 aliphatic carbocycles. The number of imidazole rings is 1. The van der Waals surface area contributed by atoms with Crippen LogP contribution < -0.4 is 15.5 Å². The maximum atomic E-state index is 13.0. The molecule has 2 heterocycles. The highest BCUT2D eigenvalue weighted by Crippen LogP contribution is 2.39. The number of hydrogen-bond donors (Lipinski definition) is 3. The van der Waals surface area contributed by atoms with E-state index in [1.54, 1.807) is 17.8 Å². The fraction of sp³-hybridized carbons (Fsp3) is 0.182. The van der Waals surface area contributed by atoms with Gasteiger partial charge >= 0.3 is 18.3 Å². The van der Waals surface area contributed by atoms with Crippen molar-refractivity contribution in [1.29, 1.82) is 0 Å². The van der Waals surface area contributed by atoms with Crippen molar-refractivity contribution < 1.29 is 32.7 Å². The lowest BCUT2D eigenvalue weighted by molar-refractivity contribution is -0.137. The molecule has 176 valence electrons. The topological polar surface area (TPSA) is 117 Å². The van der Waals surface area contributed by atoms with Gasteiger partial charge in [-0.3, -0.25) is 10.1 Å². The van der Waals surface area contributed by atoms with Gasteiger partial charge in [-0.05, 0) is 48.9 Å². The Bertz CT molecular complexity index is 1300. The minimum absolute atomic E-state index is 0.0245. The molecule has 1 atom stereocenters. The van der Waals surface area contributed by atoms with Gasteiger partial charge in [0.25, 0.3) is 5.91 Å². The lowest BCUT2D eigenvalue weighted by Gasteiger charge is -2.26. The van der Waals surface area contributed by atoms with Gasteiger partial charge in [0.1, 0.15) is 5.54 Å². The van der Waals surface area contributed by atoms with Crippen LogP contribution in [0.3, 0.4) is 0 Å². The Morgan fingerprint density at radius 3 is 2.32 bits per heavy atom. The number of anilines is 2. The summed E-state index contributed by atoms with van der Waals surface area (Å²) < 4.78 is 40.5. The van der Waals surface area contributed by atoms with Gasteiger partial charge in [0.05, 0.1) is 29.0 Å². The molecule has 1 unspecified atom stereocenters. The molecule has 12 heteroatoms. The molecular formula is C22H18F3N5O4. The van der Waals surface area contributed by atoms with E-state index in [0.29, 0.717) is 11.3 Å². The number of amides is 4. The molecular weight excluding hydrogens is 455 g/mol. The molecule has 0 spiro atoms. The van der Waals surface area contributed by atoms with E-state index in [-0.39, 0.29) is 16.9 Å². The fourth-order valence-electron chi connectivity index (χ4n) is 3.70. The molecule has 0 radical (unpaired) electrons. The number of nitrogens with one attached hydrogen (secondary N) is 2. The van der Waals surface area contributed by atoms with Crippen molar-refractivity contribution in [2.45, 2.75) is 18.6 Å². The lowest BCUT2D eigenvalue weighted by atomic mass is 9.89. The second kappa shape index (κ2) is 7.90. The largest absolute Gasteiger partial charge is 0.464 e. The number of rotatable bonds is 4. The summed E-state index contributed by atoms with van der Waals surface area (Å²) in [6.45, 7) is 1.50. The van der Waals surface area contributed by atoms with E-state index in [4.69, 9.17) is 0 Å². The predicted octanol–water partition coefficient (Wildman–Crippen LogP) is 3.98. The highest BCUT2D eigenvalue weighted by Gasteiger charge is 2.44. The highest BCUT2D eigenvalue weighted by molar-refractivity contribution is 6.07. The van der Waals surface area contributed by atoms with Crippen LogP contribution in [0.2, 0.25) is 0 Å². The van der Waals surface area contributed by atoms with E-state index in [1.807, 2.05) is 0 Å². The maximum absolute atomic E-state index is 13.0. The summed E-state index contributed by atoms with van der Waals surface area (Å²) in [6.07, 6.45) is -2.91. The van der Waals surface area contributed by atoms with Crippen LogP contribution in [0.5, 0.6) is 0 Å². The van der Waals surface area contributed by atoms with Crippen molar-refractivity contribution in [2.75, 3.05) is 4.90 Å². The standard InChI is InChI=1S/C22H18F3N5O4/c1-21(18(31)27-19(32)28-21)13-5-8-17(15(9-13)16-10-29(2)11-26-16)30(20(33)34)14-6-3-12(4-7-14)22(23,24)25/h3-11H,1-2H3,(H,33,34)(H2,27,28,31,32). The number of aromatic nitrogens is 2. The second-order valence-corrected chi connectivity index (χ2v) is 7.85. The Balaban J connectivity index is 1.88. The molecule has 9 nitrogen and oxygen atoms in total. The number of nitrogens with zero attached hydrogens (tertiary/aromatic N) is 3. The third-order valence-electron chi connectivity index (χ3n) is 5.48. The van der Waals surface area contributed by atoms with E-state index in [9.17, 15) is 32.7 Å². The molecule has 3 N–H and O–H groups in total. The zero-order valence-corrected chi connectivity index (χ0v) is 17.8. The minimum atomic E-state index is -4.57. The van der Waals surface area contributed by atoms with Gasteiger partial charge < -0.3 is 15.0 Å². The number of imide groups is 1. The van der Waals surface area contributed by atoms with Crippen molar-refractivity contribution in [3.05, 3.63) is 66.1 Å². The summed E-state index contributed by atoms with van der Waals surface area (Å²) in [5.41, 5.74) is -1.26. The van der Waals surface area contributed by atoms with Crippen LogP contribution >= 0.6 is 0 Å². The molecule has 1 saturated heterocycles. The molecule has 1 fully saturated rings. The smallest absolute Gasteiger partial charge is 0.416 e. The number of carbonyl (C=O) groups is 3. The van der Waals surface area contributed by atoms with E-state index < -0.39 is 35.3 Å².